The number of thiophene rings is 1. The molecule has 0 bridgehead atoms. The second-order valence-corrected chi connectivity index (χ2v) is 8.82. The van der Waals surface area contributed by atoms with E-state index in [-0.39, 0.29) is 6.61 Å². The van der Waals surface area contributed by atoms with Crippen LogP contribution in [0.3, 0.4) is 0 Å². The van der Waals surface area contributed by atoms with Crippen LogP contribution in [0.15, 0.2) is 24.5 Å². The van der Waals surface area contributed by atoms with E-state index in [4.69, 9.17) is 4.74 Å². The van der Waals surface area contributed by atoms with E-state index in [1.807, 2.05) is 6.07 Å². The number of benzene rings is 1. The predicted octanol–water partition coefficient (Wildman–Crippen LogP) is 3.39. The van der Waals surface area contributed by atoms with Gasteiger partial charge in [0.15, 0.2) is 0 Å². The van der Waals surface area contributed by atoms with Gasteiger partial charge in [-0.1, -0.05) is 6.07 Å². The van der Waals surface area contributed by atoms with Crippen LogP contribution < -0.4 is 5.32 Å². The summed E-state index contributed by atoms with van der Waals surface area (Å²) in [4.78, 5) is 12.7. The summed E-state index contributed by atoms with van der Waals surface area (Å²) in [6, 6.07) is 7.26. The van der Waals surface area contributed by atoms with Crippen LogP contribution in [-0.4, -0.2) is 58.4 Å². The number of nitrogens with zero attached hydrogens (tertiary/aromatic N) is 3. The Morgan fingerprint density at radius 3 is 2.75 bits per heavy atom. The van der Waals surface area contributed by atoms with Crippen molar-refractivity contribution in [2.45, 2.75) is 44.4 Å². The molecule has 2 aliphatic rings. The van der Waals surface area contributed by atoms with Gasteiger partial charge in [-0.2, -0.15) is 0 Å². The summed E-state index contributed by atoms with van der Waals surface area (Å²) < 4.78 is 6.68. The molecule has 6 nitrogen and oxygen atoms in total. The van der Waals surface area contributed by atoms with Gasteiger partial charge in [-0.3, -0.25) is 4.90 Å². The fourth-order valence-corrected chi connectivity index (χ4v) is 5.61. The van der Waals surface area contributed by atoms with Gasteiger partial charge in [0, 0.05) is 35.3 Å². The molecule has 2 fully saturated rings. The zero-order valence-corrected chi connectivity index (χ0v) is 16.7. The highest BCUT2D eigenvalue weighted by molar-refractivity contribution is 7.25. The minimum absolute atomic E-state index is 0.0509. The quantitative estimate of drug-likeness (QED) is 0.702. The van der Waals surface area contributed by atoms with Crippen molar-refractivity contribution in [1.82, 2.24) is 14.9 Å². The van der Waals surface area contributed by atoms with Gasteiger partial charge in [0.2, 0.25) is 0 Å². The number of anilines is 1. The van der Waals surface area contributed by atoms with E-state index in [0.717, 1.165) is 66.1 Å². The average Bonchev–Trinajstić information content (AvgIpc) is 3.13. The number of hydrogen-bond donors (Lipinski definition) is 2. The number of aliphatic hydroxyl groups is 1. The molecule has 1 saturated heterocycles. The van der Waals surface area contributed by atoms with Crippen LogP contribution in [0.25, 0.3) is 20.3 Å². The van der Waals surface area contributed by atoms with Gasteiger partial charge in [0.25, 0.3) is 0 Å². The van der Waals surface area contributed by atoms with E-state index in [9.17, 15) is 5.11 Å². The first-order chi connectivity index (χ1) is 13.8. The molecule has 0 atom stereocenters. The minimum Gasteiger partial charge on any atom is -0.392 e. The van der Waals surface area contributed by atoms with Crippen molar-refractivity contribution in [2.24, 2.45) is 0 Å². The van der Waals surface area contributed by atoms with Gasteiger partial charge < -0.3 is 15.2 Å². The molecule has 5 rings (SSSR count). The minimum atomic E-state index is 0.0509. The van der Waals surface area contributed by atoms with Gasteiger partial charge in [-0.05, 0) is 43.4 Å². The monoisotopic (exact) mass is 398 g/mol. The first kappa shape index (κ1) is 18.2. The molecule has 0 amide bonds. The SMILES string of the molecule is OCc1ccc2sc3ncnc(N[C@H]4CC[C@H](N5CCOCC5)CC4)c3c2c1. The van der Waals surface area contributed by atoms with Gasteiger partial charge >= 0.3 is 0 Å². The summed E-state index contributed by atoms with van der Waals surface area (Å²) in [5.74, 6) is 0.932. The Labute approximate surface area is 168 Å². The van der Waals surface area contributed by atoms with Crippen molar-refractivity contribution in [1.29, 1.82) is 0 Å². The van der Waals surface area contributed by atoms with Crippen LogP contribution >= 0.6 is 11.3 Å². The fraction of sp³-hybridized carbons (Fsp3) is 0.524. The molecular weight excluding hydrogens is 372 g/mol. The number of aliphatic hydroxyl groups excluding tert-OH is 1. The first-order valence-corrected chi connectivity index (χ1v) is 11.0. The Balaban J connectivity index is 1.35. The third-order valence-electron chi connectivity index (χ3n) is 6.11. The van der Waals surface area contributed by atoms with Crippen molar-refractivity contribution in [2.75, 3.05) is 31.6 Å². The van der Waals surface area contributed by atoms with Crippen LogP contribution in [0.5, 0.6) is 0 Å². The number of nitrogens with one attached hydrogen (secondary N) is 1. The molecule has 0 spiro atoms. The summed E-state index contributed by atoms with van der Waals surface area (Å²) in [5, 5.41) is 15.5. The maximum absolute atomic E-state index is 9.51. The Bertz CT molecular complexity index is 962. The van der Waals surface area contributed by atoms with E-state index >= 15 is 0 Å². The van der Waals surface area contributed by atoms with Crippen molar-refractivity contribution in [3.8, 4) is 0 Å². The molecule has 2 aromatic heterocycles. The van der Waals surface area contributed by atoms with Crippen LogP contribution in [0.4, 0.5) is 5.82 Å². The van der Waals surface area contributed by atoms with Crippen molar-refractivity contribution >= 4 is 37.5 Å². The van der Waals surface area contributed by atoms with E-state index in [0.29, 0.717) is 12.1 Å². The molecular formula is C21H26N4O2S. The fourth-order valence-electron chi connectivity index (χ4n) is 4.58. The van der Waals surface area contributed by atoms with E-state index < -0.39 is 0 Å². The third kappa shape index (κ3) is 3.48. The smallest absolute Gasteiger partial charge is 0.139 e. The molecule has 0 radical (unpaired) electrons. The van der Waals surface area contributed by atoms with Crippen LogP contribution in [0, 0.1) is 0 Å². The molecule has 28 heavy (non-hydrogen) atoms. The third-order valence-corrected chi connectivity index (χ3v) is 7.19. The summed E-state index contributed by atoms with van der Waals surface area (Å²) in [7, 11) is 0. The number of ether oxygens (including phenoxy) is 1. The highest BCUT2D eigenvalue weighted by Crippen LogP contribution is 2.37. The van der Waals surface area contributed by atoms with E-state index in [1.54, 1.807) is 17.7 Å². The first-order valence-electron chi connectivity index (χ1n) is 10.2. The maximum Gasteiger partial charge on any atom is 0.139 e. The zero-order chi connectivity index (χ0) is 18.9. The molecule has 3 aromatic rings. The summed E-state index contributed by atoms with van der Waals surface area (Å²) in [5.41, 5.74) is 0.924. The van der Waals surface area contributed by atoms with Gasteiger partial charge in [0.1, 0.15) is 17.0 Å². The number of morpholine rings is 1. The number of fused-ring (bicyclic) bond motifs is 3. The molecule has 1 aromatic carbocycles. The summed E-state index contributed by atoms with van der Waals surface area (Å²) >= 11 is 1.68. The molecule has 1 saturated carbocycles. The average molecular weight is 399 g/mol. The lowest BCUT2D eigenvalue weighted by Gasteiger charge is -2.39. The summed E-state index contributed by atoms with van der Waals surface area (Å²) in [6.07, 6.45) is 6.44. The maximum atomic E-state index is 9.51. The van der Waals surface area contributed by atoms with Crippen LogP contribution in [0.2, 0.25) is 0 Å². The Morgan fingerprint density at radius 1 is 1.14 bits per heavy atom. The molecule has 1 aliphatic heterocycles. The normalized spacial score (nSPS) is 24.0. The van der Waals surface area contributed by atoms with Crippen molar-refractivity contribution in [3.63, 3.8) is 0 Å². The molecule has 0 unspecified atom stereocenters. The predicted molar refractivity (Wildman–Crippen MR) is 113 cm³/mol. The number of aromatic nitrogens is 2. The molecule has 7 heteroatoms. The van der Waals surface area contributed by atoms with Crippen molar-refractivity contribution < 1.29 is 9.84 Å². The Hall–Kier alpha value is -1.80. The Kier molecular flexibility index (Phi) is 5.15. The molecule has 3 heterocycles. The lowest BCUT2D eigenvalue weighted by molar-refractivity contribution is 0.00791. The number of rotatable bonds is 4. The van der Waals surface area contributed by atoms with Gasteiger partial charge in [-0.15, -0.1) is 11.3 Å². The van der Waals surface area contributed by atoms with Gasteiger partial charge in [0.05, 0.1) is 25.2 Å². The standard InChI is InChI=1S/C21H26N4O2S/c26-12-14-1-6-18-17(11-14)19-20(22-13-23-21(19)28-18)24-15-2-4-16(5-3-15)25-7-9-27-10-8-25/h1,6,11,13,15-16,26H,2-5,7-10,12H2,(H,22,23,24)/t15-,16-. The topological polar surface area (TPSA) is 70.5 Å². The summed E-state index contributed by atoms with van der Waals surface area (Å²) in [6.45, 7) is 3.94. The molecule has 2 N–H and O–H groups in total. The second-order valence-electron chi connectivity index (χ2n) is 7.79. The van der Waals surface area contributed by atoms with Crippen molar-refractivity contribution in [3.05, 3.63) is 30.1 Å². The number of hydrogen-bond acceptors (Lipinski definition) is 7. The lowest BCUT2D eigenvalue weighted by atomic mass is 9.90. The molecule has 1 aliphatic carbocycles. The van der Waals surface area contributed by atoms with E-state index in [2.05, 4.69) is 32.3 Å². The lowest BCUT2D eigenvalue weighted by Crippen LogP contribution is -2.46. The molecule has 148 valence electrons. The highest BCUT2D eigenvalue weighted by Gasteiger charge is 2.27. The largest absolute Gasteiger partial charge is 0.392 e. The van der Waals surface area contributed by atoms with Crippen LogP contribution in [-0.2, 0) is 11.3 Å². The Morgan fingerprint density at radius 2 is 1.96 bits per heavy atom. The highest BCUT2D eigenvalue weighted by atomic mass is 32.1. The zero-order valence-electron chi connectivity index (χ0n) is 15.9. The second kappa shape index (κ2) is 7.91. The van der Waals surface area contributed by atoms with Crippen LogP contribution in [0.1, 0.15) is 31.2 Å². The van der Waals surface area contributed by atoms with E-state index in [1.165, 1.54) is 17.5 Å². The van der Waals surface area contributed by atoms with Gasteiger partial charge in [-0.25, -0.2) is 9.97 Å².